The molecule has 4 nitrogen and oxygen atoms in total. The number of nitriles is 1. The van der Waals surface area contributed by atoms with E-state index < -0.39 is 6.10 Å². The standard InChI is InChI=1S/C15H19NO3/c1-3-4-13(9-16)15(17)11-19-10-12-5-7-14(18-2)8-6-12/h4-8,15,17H,3,10-11H2,1-2H3. The molecule has 0 bridgehead atoms. The summed E-state index contributed by atoms with van der Waals surface area (Å²) in [5.74, 6) is 0.793. The van der Waals surface area contributed by atoms with Crippen LogP contribution in [-0.4, -0.2) is 24.9 Å². The number of nitrogens with zero attached hydrogens (tertiary/aromatic N) is 1. The van der Waals surface area contributed by atoms with E-state index in [0.717, 1.165) is 17.7 Å². The third kappa shape index (κ3) is 5.12. The van der Waals surface area contributed by atoms with Crippen LogP contribution >= 0.6 is 0 Å². The minimum atomic E-state index is -0.858. The molecule has 1 N–H and O–H groups in total. The summed E-state index contributed by atoms with van der Waals surface area (Å²) in [5, 5.41) is 18.6. The highest BCUT2D eigenvalue weighted by atomic mass is 16.5. The number of ether oxygens (including phenoxy) is 2. The highest BCUT2D eigenvalue weighted by Gasteiger charge is 2.10. The van der Waals surface area contributed by atoms with E-state index in [9.17, 15) is 5.11 Å². The Morgan fingerprint density at radius 3 is 2.63 bits per heavy atom. The second-order valence-electron chi connectivity index (χ2n) is 4.06. The Hall–Kier alpha value is -1.83. The van der Waals surface area contributed by atoms with Gasteiger partial charge in [-0.25, -0.2) is 0 Å². The maximum absolute atomic E-state index is 9.76. The number of methoxy groups -OCH3 is 1. The summed E-state index contributed by atoms with van der Waals surface area (Å²) in [5.41, 5.74) is 1.35. The van der Waals surface area contributed by atoms with Crippen molar-refractivity contribution in [2.24, 2.45) is 0 Å². The maximum Gasteiger partial charge on any atom is 0.118 e. The molecule has 1 aromatic carbocycles. The van der Waals surface area contributed by atoms with E-state index in [0.29, 0.717) is 12.2 Å². The van der Waals surface area contributed by atoms with Crippen molar-refractivity contribution >= 4 is 0 Å². The average Bonchev–Trinajstić information content (AvgIpc) is 2.45. The molecular formula is C15H19NO3. The maximum atomic E-state index is 9.76. The van der Waals surface area contributed by atoms with Crippen LogP contribution in [0.2, 0.25) is 0 Å². The van der Waals surface area contributed by atoms with E-state index >= 15 is 0 Å². The molecule has 0 aromatic heterocycles. The molecule has 4 heteroatoms. The number of aliphatic hydroxyl groups excluding tert-OH is 1. The zero-order valence-corrected chi connectivity index (χ0v) is 11.3. The monoisotopic (exact) mass is 261 g/mol. The summed E-state index contributed by atoms with van der Waals surface area (Å²) >= 11 is 0. The predicted molar refractivity (Wildman–Crippen MR) is 72.6 cm³/mol. The SMILES string of the molecule is CCC=C(C#N)C(O)COCc1ccc(OC)cc1. The van der Waals surface area contributed by atoms with Gasteiger partial charge in [-0.05, 0) is 24.1 Å². The first-order chi connectivity index (χ1) is 9.21. The van der Waals surface area contributed by atoms with Crippen molar-refractivity contribution in [1.29, 1.82) is 5.26 Å². The van der Waals surface area contributed by atoms with Crippen LogP contribution in [0.5, 0.6) is 5.75 Å². The van der Waals surface area contributed by atoms with Gasteiger partial charge in [0.15, 0.2) is 0 Å². The summed E-state index contributed by atoms with van der Waals surface area (Å²) < 4.78 is 10.5. The van der Waals surface area contributed by atoms with Crippen molar-refractivity contribution in [3.8, 4) is 11.8 Å². The molecule has 1 aromatic rings. The largest absolute Gasteiger partial charge is 0.497 e. The smallest absolute Gasteiger partial charge is 0.118 e. The zero-order valence-electron chi connectivity index (χ0n) is 11.3. The Balaban J connectivity index is 2.41. The number of rotatable bonds is 7. The van der Waals surface area contributed by atoms with E-state index in [4.69, 9.17) is 14.7 Å². The second kappa shape index (κ2) is 8.30. The lowest BCUT2D eigenvalue weighted by Gasteiger charge is -2.10. The fraction of sp³-hybridized carbons (Fsp3) is 0.400. The number of hydrogen-bond donors (Lipinski definition) is 1. The van der Waals surface area contributed by atoms with E-state index in [1.54, 1.807) is 13.2 Å². The van der Waals surface area contributed by atoms with Gasteiger partial charge in [-0.15, -0.1) is 0 Å². The third-order valence-corrected chi connectivity index (χ3v) is 2.62. The molecule has 1 rings (SSSR count). The average molecular weight is 261 g/mol. The molecule has 19 heavy (non-hydrogen) atoms. The van der Waals surface area contributed by atoms with Crippen molar-refractivity contribution < 1.29 is 14.6 Å². The molecule has 0 radical (unpaired) electrons. The second-order valence-corrected chi connectivity index (χ2v) is 4.06. The van der Waals surface area contributed by atoms with Crippen molar-refractivity contribution in [3.05, 3.63) is 41.5 Å². The van der Waals surface area contributed by atoms with Gasteiger partial charge in [0.1, 0.15) is 11.9 Å². The number of aliphatic hydroxyl groups is 1. The van der Waals surface area contributed by atoms with Crippen LogP contribution < -0.4 is 4.74 Å². The van der Waals surface area contributed by atoms with Crippen molar-refractivity contribution in [3.63, 3.8) is 0 Å². The van der Waals surface area contributed by atoms with Gasteiger partial charge in [-0.1, -0.05) is 25.1 Å². The van der Waals surface area contributed by atoms with Crippen LogP contribution in [0, 0.1) is 11.3 Å². The van der Waals surface area contributed by atoms with E-state index in [1.165, 1.54) is 0 Å². The Bertz CT molecular complexity index is 445. The van der Waals surface area contributed by atoms with Crippen LogP contribution in [0.1, 0.15) is 18.9 Å². The third-order valence-electron chi connectivity index (χ3n) is 2.62. The van der Waals surface area contributed by atoms with E-state index in [1.807, 2.05) is 37.3 Å². The lowest BCUT2D eigenvalue weighted by molar-refractivity contribution is 0.0470. The molecular weight excluding hydrogens is 242 g/mol. The molecule has 0 fully saturated rings. The van der Waals surface area contributed by atoms with Crippen LogP contribution in [0.4, 0.5) is 0 Å². The Morgan fingerprint density at radius 2 is 2.11 bits per heavy atom. The molecule has 0 saturated carbocycles. The van der Waals surface area contributed by atoms with Gasteiger partial charge in [-0.3, -0.25) is 0 Å². The molecule has 0 heterocycles. The van der Waals surface area contributed by atoms with Crippen LogP contribution in [-0.2, 0) is 11.3 Å². The molecule has 0 aliphatic carbocycles. The van der Waals surface area contributed by atoms with Gasteiger partial charge in [0.05, 0.1) is 32.0 Å². The molecule has 0 aliphatic heterocycles. The summed E-state index contributed by atoms with van der Waals surface area (Å²) in [7, 11) is 1.62. The van der Waals surface area contributed by atoms with Crippen LogP contribution in [0.25, 0.3) is 0 Å². The van der Waals surface area contributed by atoms with Gasteiger partial charge >= 0.3 is 0 Å². The molecule has 1 unspecified atom stereocenters. The summed E-state index contributed by atoms with van der Waals surface area (Å²) in [6.45, 7) is 2.43. The predicted octanol–water partition coefficient (Wildman–Crippen LogP) is 2.43. The number of benzene rings is 1. The zero-order chi connectivity index (χ0) is 14.1. The Labute approximate surface area is 113 Å². The van der Waals surface area contributed by atoms with Gasteiger partial charge in [0.25, 0.3) is 0 Å². The highest BCUT2D eigenvalue weighted by Crippen LogP contribution is 2.12. The van der Waals surface area contributed by atoms with Crippen LogP contribution in [0.15, 0.2) is 35.9 Å². The topological polar surface area (TPSA) is 62.5 Å². The molecule has 0 aliphatic rings. The van der Waals surface area contributed by atoms with Gasteiger partial charge < -0.3 is 14.6 Å². The molecule has 0 saturated heterocycles. The van der Waals surface area contributed by atoms with Crippen molar-refractivity contribution in [1.82, 2.24) is 0 Å². The fourth-order valence-electron chi connectivity index (χ4n) is 1.58. The molecule has 102 valence electrons. The first kappa shape index (κ1) is 15.2. The Kier molecular flexibility index (Phi) is 6.65. The summed E-state index contributed by atoms with van der Waals surface area (Å²) in [6.07, 6.45) is 1.57. The molecule has 0 spiro atoms. The minimum Gasteiger partial charge on any atom is -0.497 e. The first-order valence-electron chi connectivity index (χ1n) is 6.20. The quantitative estimate of drug-likeness (QED) is 0.766. The molecule has 1 atom stereocenters. The lowest BCUT2D eigenvalue weighted by Crippen LogP contribution is -2.17. The van der Waals surface area contributed by atoms with Gasteiger partial charge in [0, 0.05) is 0 Å². The van der Waals surface area contributed by atoms with Crippen LogP contribution in [0.3, 0.4) is 0 Å². The van der Waals surface area contributed by atoms with E-state index in [2.05, 4.69) is 0 Å². The van der Waals surface area contributed by atoms with Gasteiger partial charge in [0.2, 0.25) is 0 Å². The number of hydrogen-bond acceptors (Lipinski definition) is 4. The van der Waals surface area contributed by atoms with Crippen molar-refractivity contribution in [2.75, 3.05) is 13.7 Å². The van der Waals surface area contributed by atoms with Crippen molar-refractivity contribution in [2.45, 2.75) is 26.1 Å². The summed E-state index contributed by atoms with van der Waals surface area (Å²) in [6, 6.07) is 9.49. The normalized spacial score (nSPS) is 12.8. The van der Waals surface area contributed by atoms with E-state index in [-0.39, 0.29) is 6.61 Å². The fourth-order valence-corrected chi connectivity index (χ4v) is 1.58. The Morgan fingerprint density at radius 1 is 1.42 bits per heavy atom. The summed E-state index contributed by atoms with van der Waals surface area (Å²) in [4.78, 5) is 0. The lowest BCUT2D eigenvalue weighted by atomic mass is 10.1. The minimum absolute atomic E-state index is 0.116. The number of allylic oxidation sites excluding steroid dienone is 1. The molecule has 0 amide bonds. The highest BCUT2D eigenvalue weighted by molar-refractivity contribution is 5.27. The van der Waals surface area contributed by atoms with Gasteiger partial charge in [-0.2, -0.15) is 5.26 Å². The first-order valence-corrected chi connectivity index (χ1v) is 6.20.